The first kappa shape index (κ1) is 16.0. The highest BCUT2D eigenvalue weighted by Crippen LogP contribution is 1.99. The molecule has 0 aromatic rings. The molecule has 0 unspecified atom stereocenters. The number of hydrogen-bond acceptors (Lipinski definition) is 3. The monoisotopic (exact) mass is 257 g/mol. The summed E-state index contributed by atoms with van der Waals surface area (Å²) in [5.41, 5.74) is 0. The van der Waals surface area contributed by atoms with Crippen LogP contribution in [-0.4, -0.2) is 66.5 Å². The molecule has 3 amide bonds. The van der Waals surface area contributed by atoms with E-state index in [9.17, 15) is 14.4 Å². The minimum Gasteiger partial charge on any atom is -0.480 e. The van der Waals surface area contributed by atoms with Crippen LogP contribution in [0.15, 0.2) is 12.7 Å². The van der Waals surface area contributed by atoms with Crippen molar-refractivity contribution >= 4 is 17.9 Å². The third-order valence-electron chi connectivity index (χ3n) is 2.23. The van der Waals surface area contributed by atoms with Crippen molar-refractivity contribution in [1.29, 1.82) is 0 Å². The van der Waals surface area contributed by atoms with E-state index in [2.05, 4.69) is 11.9 Å². The lowest BCUT2D eigenvalue weighted by molar-refractivity contribution is -0.137. The fourth-order valence-electron chi connectivity index (χ4n) is 1.26. The summed E-state index contributed by atoms with van der Waals surface area (Å²) in [5.74, 6) is -1.27. The Morgan fingerprint density at radius 1 is 1.39 bits per heavy atom. The van der Waals surface area contributed by atoms with Gasteiger partial charge in [0.25, 0.3) is 0 Å². The van der Waals surface area contributed by atoms with Crippen LogP contribution in [0.5, 0.6) is 0 Å². The normalized spacial score (nSPS) is 9.44. The predicted octanol–water partition coefficient (Wildman–Crippen LogP) is -0.253. The fraction of sp³-hybridized carbons (Fsp3) is 0.545. The minimum atomic E-state index is -1.09. The maximum Gasteiger partial charge on any atom is 0.323 e. The Kier molecular flexibility index (Phi) is 7.18. The summed E-state index contributed by atoms with van der Waals surface area (Å²) in [6.45, 7) is 3.45. The molecule has 2 N–H and O–H groups in total. The molecule has 0 spiro atoms. The van der Waals surface area contributed by atoms with E-state index in [0.717, 1.165) is 4.90 Å². The van der Waals surface area contributed by atoms with Crippen LogP contribution in [0.2, 0.25) is 0 Å². The first-order chi connectivity index (χ1) is 8.42. The molecule has 0 aromatic heterocycles. The molecule has 0 saturated carbocycles. The zero-order valence-electron chi connectivity index (χ0n) is 10.7. The molecule has 0 saturated heterocycles. The van der Waals surface area contributed by atoms with Crippen molar-refractivity contribution in [2.75, 3.05) is 33.7 Å². The van der Waals surface area contributed by atoms with Crippen molar-refractivity contribution < 1.29 is 19.5 Å². The lowest BCUT2D eigenvalue weighted by atomic mass is 10.3. The number of amides is 3. The zero-order chi connectivity index (χ0) is 14.1. The SMILES string of the molecule is C=CCN(CC(=O)O)C(=O)N(C)CCC(=O)NC. The Morgan fingerprint density at radius 2 is 2.00 bits per heavy atom. The van der Waals surface area contributed by atoms with Crippen LogP contribution < -0.4 is 5.32 Å². The van der Waals surface area contributed by atoms with Crippen LogP contribution >= 0.6 is 0 Å². The summed E-state index contributed by atoms with van der Waals surface area (Å²) in [5, 5.41) is 11.1. The van der Waals surface area contributed by atoms with E-state index in [1.165, 1.54) is 25.1 Å². The van der Waals surface area contributed by atoms with E-state index < -0.39 is 18.5 Å². The summed E-state index contributed by atoms with van der Waals surface area (Å²) in [4.78, 5) is 36.0. The molecule has 0 rings (SSSR count). The van der Waals surface area contributed by atoms with Gasteiger partial charge in [0.2, 0.25) is 5.91 Å². The number of carboxylic acid groups (broad SMARTS) is 1. The topological polar surface area (TPSA) is 90.0 Å². The molecule has 0 aliphatic heterocycles. The summed E-state index contributed by atoms with van der Waals surface area (Å²) in [6, 6.07) is -0.443. The van der Waals surface area contributed by atoms with Gasteiger partial charge in [-0.05, 0) is 0 Å². The molecule has 102 valence electrons. The molecule has 0 aliphatic carbocycles. The van der Waals surface area contributed by atoms with Crippen molar-refractivity contribution in [3.05, 3.63) is 12.7 Å². The van der Waals surface area contributed by atoms with Crippen molar-refractivity contribution in [2.24, 2.45) is 0 Å². The second-order valence-corrected chi connectivity index (χ2v) is 3.69. The van der Waals surface area contributed by atoms with Gasteiger partial charge in [0, 0.05) is 33.6 Å². The lowest BCUT2D eigenvalue weighted by Gasteiger charge is -2.25. The van der Waals surface area contributed by atoms with Gasteiger partial charge in [0.1, 0.15) is 6.54 Å². The van der Waals surface area contributed by atoms with Crippen LogP contribution in [0.4, 0.5) is 4.79 Å². The number of rotatable bonds is 7. The first-order valence-electron chi connectivity index (χ1n) is 5.45. The summed E-state index contributed by atoms with van der Waals surface area (Å²) in [6.07, 6.45) is 1.63. The van der Waals surface area contributed by atoms with Crippen molar-refractivity contribution in [2.45, 2.75) is 6.42 Å². The van der Waals surface area contributed by atoms with E-state index in [0.29, 0.717) is 0 Å². The molecule has 0 fully saturated rings. The van der Waals surface area contributed by atoms with Gasteiger partial charge in [-0.3, -0.25) is 9.59 Å². The predicted molar refractivity (Wildman–Crippen MR) is 66.1 cm³/mol. The van der Waals surface area contributed by atoms with E-state index in [4.69, 9.17) is 5.11 Å². The third kappa shape index (κ3) is 5.88. The maximum absolute atomic E-state index is 11.9. The molecule has 7 nitrogen and oxygen atoms in total. The maximum atomic E-state index is 11.9. The van der Waals surface area contributed by atoms with Gasteiger partial charge >= 0.3 is 12.0 Å². The number of nitrogens with one attached hydrogen (secondary N) is 1. The highest BCUT2D eigenvalue weighted by Gasteiger charge is 2.19. The Morgan fingerprint density at radius 3 is 2.44 bits per heavy atom. The number of hydrogen-bond donors (Lipinski definition) is 2. The van der Waals surface area contributed by atoms with Gasteiger partial charge in [0.05, 0.1) is 0 Å². The summed E-state index contributed by atoms with van der Waals surface area (Å²) < 4.78 is 0. The van der Waals surface area contributed by atoms with Crippen LogP contribution in [0.3, 0.4) is 0 Å². The van der Waals surface area contributed by atoms with Crippen LogP contribution in [0, 0.1) is 0 Å². The van der Waals surface area contributed by atoms with Crippen LogP contribution in [0.1, 0.15) is 6.42 Å². The number of carbonyl (C=O) groups is 3. The van der Waals surface area contributed by atoms with Crippen LogP contribution in [-0.2, 0) is 9.59 Å². The molecule has 0 atom stereocenters. The van der Waals surface area contributed by atoms with Crippen molar-refractivity contribution in [1.82, 2.24) is 15.1 Å². The number of carboxylic acids is 1. The second-order valence-electron chi connectivity index (χ2n) is 3.69. The van der Waals surface area contributed by atoms with E-state index in [1.54, 1.807) is 0 Å². The van der Waals surface area contributed by atoms with E-state index in [1.807, 2.05) is 0 Å². The Labute approximate surface area is 106 Å². The van der Waals surface area contributed by atoms with Crippen LogP contribution in [0.25, 0.3) is 0 Å². The molecule has 0 aliphatic rings. The van der Waals surface area contributed by atoms with Gasteiger partial charge in [-0.2, -0.15) is 0 Å². The highest BCUT2D eigenvalue weighted by molar-refractivity contribution is 5.81. The second kappa shape index (κ2) is 8.10. The Bertz CT molecular complexity index is 330. The van der Waals surface area contributed by atoms with E-state index in [-0.39, 0.29) is 25.4 Å². The lowest BCUT2D eigenvalue weighted by Crippen LogP contribution is -2.44. The van der Waals surface area contributed by atoms with Gasteiger partial charge in [0.15, 0.2) is 0 Å². The number of nitrogens with zero attached hydrogens (tertiary/aromatic N) is 2. The minimum absolute atomic E-state index is 0.148. The molecular formula is C11H19N3O4. The van der Waals surface area contributed by atoms with E-state index >= 15 is 0 Å². The average molecular weight is 257 g/mol. The molecular weight excluding hydrogens is 238 g/mol. The molecule has 0 radical (unpaired) electrons. The Balaban J connectivity index is 4.40. The van der Waals surface area contributed by atoms with Gasteiger partial charge in [-0.25, -0.2) is 4.79 Å². The van der Waals surface area contributed by atoms with Crippen molar-refractivity contribution in [3.8, 4) is 0 Å². The number of carbonyl (C=O) groups excluding carboxylic acids is 2. The van der Waals surface area contributed by atoms with Gasteiger partial charge in [-0.15, -0.1) is 6.58 Å². The number of aliphatic carboxylic acids is 1. The zero-order valence-corrected chi connectivity index (χ0v) is 10.7. The Hall–Kier alpha value is -2.05. The molecule has 0 heterocycles. The summed E-state index contributed by atoms with van der Waals surface area (Å²) >= 11 is 0. The van der Waals surface area contributed by atoms with Gasteiger partial charge < -0.3 is 20.2 Å². The standard InChI is InChI=1S/C11H19N3O4/c1-4-6-14(8-10(16)17)11(18)13(3)7-5-9(15)12-2/h4H,1,5-8H2,2-3H3,(H,12,15)(H,16,17). The molecule has 18 heavy (non-hydrogen) atoms. The largest absolute Gasteiger partial charge is 0.480 e. The van der Waals surface area contributed by atoms with Gasteiger partial charge in [-0.1, -0.05) is 6.08 Å². The highest BCUT2D eigenvalue weighted by atomic mass is 16.4. The van der Waals surface area contributed by atoms with Crippen molar-refractivity contribution in [3.63, 3.8) is 0 Å². The third-order valence-corrected chi connectivity index (χ3v) is 2.23. The smallest absolute Gasteiger partial charge is 0.323 e. The quantitative estimate of drug-likeness (QED) is 0.615. The average Bonchev–Trinajstić information content (AvgIpc) is 2.33. The molecule has 7 heteroatoms. The molecule has 0 aromatic carbocycles. The number of urea groups is 1. The summed E-state index contributed by atoms with van der Waals surface area (Å²) in [7, 11) is 3.03. The first-order valence-corrected chi connectivity index (χ1v) is 5.45. The molecule has 0 bridgehead atoms. The fourth-order valence-corrected chi connectivity index (χ4v) is 1.26.